The SMILES string of the molecule is O=C(Cc1cn2ccsc2n1)N1CCCC1c1cccs1. The molecule has 108 valence electrons. The van der Waals surface area contributed by atoms with Gasteiger partial charge >= 0.3 is 0 Å². The molecule has 1 atom stereocenters. The number of thiophene rings is 1. The molecule has 6 heteroatoms. The minimum absolute atomic E-state index is 0.191. The molecule has 0 bridgehead atoms. The third kappa shape index (κ3) is 2.38. The van der Waals surface area contributed by atoms with Gasteiger partial charge in [0.05, 0.1) is 18.2 Å². The first kappa shape index (κ1) is 13.0. The van der Waals surface area contributed by atoms with E-state index in [2.05, 4.69) is 22.5 Å². The first-order valence-electron chi connectivity index (χ1n) is 7.05. The zero-order valence-electron chi connectivity index (χ0n) is 11.4. The topological polar surface area (TPSA) is 37.6 Å². The Kier molecular flexibility index (Phi) is 3.27. The summed E-state index contributed by atoms with van der Waals surface area (Å²) < 4.78 is 1.98. The maximum absolute atomic E-state index is 12.6. The Morgan fingerprint density at radius 3 is 3.14 bits per heavy atom. The van der Waals surface area contributed by atoms with E-state index < -0.39 is 0 Å². The second-order valence-corrected chi connectivity index (χ2v) is 7.11. The fourth-order valence-corrected chi connectivity index (χ4v) is 4.55. The van der Waals surface area contributed by atoms with E-state index in [1.807, 2.05) is 27.1 Å². The molecule has 1 amide bonds. The summed E-state index contributed by atoms with van der Waals surface area (Å²) in [5, 5.41) is 4.08. The molecule has 0 N–H and O–H groups in total. The van der Waals surface area contributed by atoms with Crippen LogP contribution >= 0.6 is 22.7 Å². The summed E-state index contributed by atoms with van der Waals surface area (Å²) in [6.45, 7) is 0.865. The Balaban J connectivity index is 1.52. The Bertz CT molecular complexity index is 730. The highest BCUT2D eigenvalue weighted by Gasteiger charge is 2.30. The maximum Gasteiger partial charge on any atom is 0.229 e. The van der Waals surface area contributed by atoms with Crippen molar-refractivity contribution in [2.75, 3.05) is 6.54 Å². The van der Waals surface area contributed by atoms with Gasteiger partial charge in [0.15, 0.2) is 4.96 Å². The predicted molar refractivity (Wildman–Crippen MR) is 84.8 cm³/mol. The molecule has 0 aliphatic carbocycles. The molecule has 1 aliphatic rings. The third-order valence-electron chi connectivity index (χ3n) is 3.92. The lowest BCUT2D eigenvalue weighted by atomic mass is 10.2. The van der Waals surface area contributed by atoms with Gasteiger partial charge in [-0.3, -0.25) is 9.20 Å². The van der Waals surface area contributed by atoms with Crippen LogP contribution in [-0.2, 0) is 11.2 Å². The van der Waals surface area contributed by atoms with Gasteiger partial charge in [-0.05, 0) is 24.3 Å². The van der Waals surface area contributed by atoms with E-state index >= 15 is 0 Å². The molecule has 4 heterocycles. The number of likely N-dealkylation sites (tertiary alicyclic amines) is 1. The number of hydrogen-bond donors (Lipinski definition) is 0. The normalized spacial score (nSPS) is 18.7. The lowest BCUT2D eigenvalue weighted by Gasteiger charge is -2.23. The number of aromatic nitrogens is 2. The van der Waals surface area contributed by atoms with Crippen molar-refractivity contribution in [1.82, 2.24) is 14.3 Å². The quantitative estimate of drug-likeness (QED) is 0.743. The average molecular weight is 317 g/mol. The number of amides is 1. The van der Waals surface area contributed by atoms with Crippen LogP contribution < -0.4 is 0 Å². The number of carbonyl (C=O) groups is 1. The van der Waals surface area contributed by atoms with E-state index in [0.29, 0.717) is 6.42 Å². The number of imidazole rings is 1. The maximum atomic E-state index is 12.6. The summed E-state index contributed by atoms with van der Waals surface area (Å²) in [5.41, 5.74) is 0.865. The number of hydrogen-bond acceptors (Lipinski definition) is 4. The van der Waals surface area contributed by atoms with E-state index in [9.17, 15) is 4.79 Å². The first-order chi connectivity index (χ1) is 10.3. The van der Waals surface area contributed by atoms with Crippen LogP contribution in [0.5, 0.6) is 0 Å². The lowest BCUT2D eigenvalue weighted by molar-refractivity contribution is -0.131. The summed E-state index contributed by atoms with van der Waals surface area (Å²) >= 11 is 3.34. The Morgan fingerprint density at radius 1 is 1.38 bits per heavy atom. The second-order valence-electron chi connectivity index (χ2n) is 5.26. The van der Waals surface area contributed by atoms with Crippen molar-refractivity contribution in [3.63, 3.8) is 0 Å². The second kappa shape index (κ2) is 5.27. The fraction of sp³-hybridized carbons (Fsp3) is 0.333. The van der Waals surface area contributed by atoms with Crippen LogP contribution in [0.1, 0.15) is 29.5 Å². The molecule has 4 rings (SSSR count). The zero-order chi connectivity index (χ0) is 14.2. The van der Waals surface area contributed by atoms with Gasteiger partial charge in [0.2, 0.25) is 5.91 Å². The standard InChI is InChI=1S/C15H15N3OS2/c19-14(9-11-10-17-6-8-21-15(17)16-11)18-5-1-3-12(18)13-4-2-7-20-13/h2,4,6-8,10,12H,1,3,5,9H2. The summed E-state index contributed by atoms with van der Waals surface area (Å²) in [6, 6.07) is 4.46. The average Bonchev–Trinajstić information content (AvgIpc) is 3.22. The van der Waals surface area contributed by atoms with E-state index in [1.54, 1.807) is 22.7 Å². The highest BCUT2D eigenvalue weighted by molar-refractivity contribution is 7.15. The molecule has 0 saturated carbocycles. The van der Waals surface area contributed by atoms with Crippen molar-refractivity contribution in [3.05, 3.63) is 45.9 Å². The van der Waals surface area contributed by atoms with Crippen LogP contribution in [0.15, 0.2) is 35.3 Å². The van der Waals surface area contributed by atoms with Gasteiger partial charge in [-0.15, -0.1) is 22.7 Å². The highest BCUT2D eigenvalue weighted by Crippen LogP contribution is 2.34. The minimum Gasteiger partial charge on any atom is -0.335 e. The highest BCUT2D eigenvalue weighted by atomic mass is 32.1. The molecule has 1 aliphatic heterocycles. The smallest absolute Gasteiger partial charge is 0.229 e. The Labute approximate surface area is 130 Å². The fourth-order valence-electron chi connectivity index (χ4n) is 2.96. The molecule has 4 nitrogen and oxygen atoms in total. The van der Waals surface area contributed by atoms with Gasteiger partial charge in [0.25, 0.3) is 0 Å². The zero-order valence-corrected chi connectivity index (χ0v) is 13.1. The molecule has 3 aromatic heterocycles. The molecule has 1 saturated heterocycles. The van der Waals surface area contributed by atoms with Crippen LogP contribution in [0.3, 0.4) is 0 Å². The number of rotatable bonds is 3. The van der Waals surface area contributed by atoms with Gasteiger partial charge < -0.3 is 4.90 Å². The Hall–Kier alpha value is -1.66. The molecule has 3 aromatic rings. The van der Waals surface area contributed by atoms with E-state index in [-0.39, 0.29) is 11.9 Å². The molecule has 1 fully saturated rings. The van der Waals surface area contributed by atoms with Gasteiger partial charge in [-0.25, -0.2) is 4.98 Å². The molecule has 0 radical (unpaired) electrons. The molecular weight excluding hydrogens is 302 g/mol. The van der Waals surface area contributed by atoms with Crippen LogP contribution in [0.4, 0.5) is 0 Å². The Morgan fingerprint density at radius 2 is 2.33 bits per heavy atom. The van der Waals surface area contributed by atoms with Gasteiger partial charge in [-0.2, -0.15) is 0 Å². The summed E-state index contributed by atoms with van der Waals surface area (Å²) in [5.74, 6) is 0.191. The van der Waals surface area contributed by atoms with Crippen molar-refractivity contribution >= 4 is 33.5 Å². The van der Waals surface area contributed by atoms with Gasteiger partial charge in [-0.1, -0.05) is 6.07 Å². The van der Waals surface area contributed by atoms with Crippen LogP contribution in [0.2, 0.25) is 0 Å². The predicted octanol–water partition coefficient (Wildman–Crippen LogP) is 3.36. The number of thiazole rings is 1. The van der Waals surface area contributed by atoms with E-state index in [4.69, 9.17) is 0 Å². The number of fused-ring (bicyclic) bond motifs is 1. The molecular formula is C15H15N3OS2. The van der Waals surface area contributed by atoms with Gasteiger partial charge in [0.1, 0.15) is 0 Å². The van der Waals surface area contributed by atoms with Crippen molar-refractivity contribution in [1.29, 1.82) is 0 Å². The van der Waals surface area contributed by atoms with Crippen molar-refractivity contribution < 1.29 is 4.79 Å². The van der Waals surface area contributed by atoms with E-state index in [0.717, 1.165) is 30.0 Å². The van der Waals surface area contributed by atoms with E-state index in [1.165, 1.54) is 4.88 Å². The summed E-state index contributed by atoms with van der Waals surface area (Å²) in [4.78, 5) is 21.4. The van der Waals surface area contributed by atoms with Crippen molar-refractivity contribution in [2.45, 2.75) is 25.3 Å². The summed E-state index contributed by atoms with van der Waals surface area (Å²) in [6.07, 6.45) is 6.50. The van der Waals surface area contributed by atoms with Crippen molar-refractivity contribution in [3.8, 4) is 0 Å². The minimum atomic E-state index is 0.191. The van der Waals surface area contributed by atoms with Crippen LogP contribution in [0, 0.1) is 0 Å². The lowest BCUT2D eigenvalue weighted by Crippen LogP contribution is -2.31. The third-order valence-corrected chi connectivity index (χ3v) is 5.66. The van der Waals surface area contributed by atoms with Crippen LogP contribution in [0.25, 0.3) is 4.96 Å². The first-order valence-corrected chi connectivity index (χ1v) is 8.81. The largest absolute Gasteiger partial charge is 0.335 e. The summed E-state index contributed by atoms with van der Waals surface area (Å²) in [7, 11) is 0. The van der Waals surface area contributed by atoms with Gasteiger partial charge in [0, 0.05) is 29.2 Å². The monoisotopic (exact) mass is 317 g/mol. The van der Waals surface area contributed by atoms with Crippen molar-refractivity contribution in [2.24, 2.45) is 0 Å². The number of carbonyl (C=O) groups excluding carboxylic acids is 1. The molecule has 1 unspecified atom stereocenters. The molecule has 21 heavy (non-hydrogen) atoms. The molecule has 0 spiro atoms. The molecule has 0 aromatic carbocycles. The number of nitrogens with zero attached hydrogens (tertiary/aromatic N) is 3. The van der Waals surface area contributed by atoms with Crippen LogP contribution in [-0.4, -0.2) is 26.7 Å².